The van der Waals surface area contributed by atoms with Gasteiger partial charge in [-0.25, -0.2) is 0 Å². The summed E-state index contributed by atoms with van der Waals surface area (Å²) in [6, 6.07) is 8.78. The van der Waals surface area contributed by atoms with Gasteiger partial charge in [-0.3, -0.25) is 9.69 Å². The highest BCUT2D eigenvalue weighted by atomic mass is 16.1. The minimum absolute atomic E-state index is 0.0578. The molecule has 2 aromatic rings. The zero-order valence-corrected chi connectivity index (χ0v) is 10.9. The molecule has 0 saturated heterocycles. The lowest BCUT2D eigenvalue weighted by atomic mass is 10.1. The highest BCUT2D eigenvalue weighted by molar-refractivity contribution is 5.97. The van der Waals surface area contributed by atoms with E-state index in [0.29, 0.717) is 24.2 Å². The fourth-order valence-corrected chi connectivity index (χ4v) is 2.28. The molecule has 1 aromatic carbocycles. The van der Waals surface area contributed by atoms with Crippen molar-refractivity contribution in [2.24, 2.45) is 0 Å². The van der Waals surface area contributed by atoms with Crippen molar-refractivity contribution in [1.29, 1.82) is 5.26 Å². The maximum atomic E-state index is 12.2. The second kappa shape index (κ2) is 5.23. The Bertz CT molecular complexity index is 668. The molecule has 3 rings (SSSR count). The molecule has 0 saturated carbocycles. The molecule has 0 bridgehead atoms. The lowest BCUT2D eigenvalue weighted by molar-refractivity contribution is 0.0908. The molecule has 0 spiro atoms. The highest BCUT2D eigenvalue weighted by Crippen LogP contribution is 2.11. The van der Waals surface area contributed by atoms with Gasteiger partial charge in [0.05, 0.1) is 24.7 Å². The Balaban J connectivity index is 1.66. The van der Waals surface area contributed by atoms with Crippen molar-refractivity contribution in [3.05, 3.63) is 47.5 Å². The van der Waals surface area contributed by atoms with E-state index in [1.165, 1.54) is 0 Å². The Kier molecular flexibility index (Phi) is 3.27. The third-order valence-electron chi connectivity index (χ3n) is 3.42. The smallest absolute Gasteiger partial charge is 0.176 e. The number of nitrogens with zero attached hydrogens (tertiary/aromatic N) is 5. The molecule has 0 N–H and O–H groups in total. The number of benzene rings is 1. The molecule has 2 heterocycles. The quantitative estimate of drug-likeness (QED) is 0.771. The average Bonchev–Trinajstić information content (AvgIpc) is 2.95. The van der Waals surface area contributed by atoms with Crippen molar-refractivity contribution in [3.8, 4) is 6.07 Å². The Morgan fingerprint density at radius 1 is 1.30 bits per heavy atom. The van der Waals surface area contributed by atoms with Crippen LogP contribution in [0.2, 0.25) is 0 Å². The number of aromatic nitrogens is 3. The van der Waals surface area contributed by atoms with E-state index in [1.54, 1.807) is 30.6 Å². The highest BCUT2D eigenvalue weighted by Gasteiger charge is 2.20. The number of fused-ring (bicyclic) bond motifs is 1. The van der Waals surface area contributed by atoms with E-state index >= 15 is 0 Å². The van der Waals surface area contributed by atoms with Crippen LogP contribution in [-0.4, -0.2) is 38.5 Å². The molecule has 0 unspecified atom stereocenters. The Hall–Kier alpha value is -2.52. The molecule has 1 aliphatic rings. The second-order valence-corrected chi connectivity index (χ2v) is 4.76. The second-order valence-electron chi connectivity index (χ2n) is 4.76. The molecular formula is C14H13N5O. The van der Waals surface area contributed by atoms with Crippen molar-refractivity contribution in [2.75, 3.05) is 13.1 Å². The third kappa shape index (κ3) is 2.44. The van der Waals surface area contributed by atoms with Gasteiger partial charge in [0.1, 0.15) is 12.2 Å². The van der Waals surface area contributed by atoms with Gasteiger partial charge in [-0.15, -0.1) is 10.2 Å². The van der Waals surface area contributed by atoms with Crippen LogP contribution in [0.5, 0.6) is 0 Å². The number of Topliss-reactive ketones (excluding diaryl/α,β-unsaturated/α-hetero) is 1. The van der Waals surface area contributed by atoms with Crippen LogP contribution < -0.4 is 0 Å². The maximum Gasteiger partial charge on any atom is 0.176 e. The summed E-state index contributed by atoms with van der Waals surface area (Å²) in [6.07, 6.45) is 1.72. The van der Waals surface area contributed by atoms with E-state index in [4.69, 9.17) is 5.26 Å². The lowest BCUT2D eigenvalue weighted by Gasteiger charge is -2.26. The minimum atomic E-state index is 0.0578. The van der Waals surface area contributed by atoms with Crippen LogP contribution in [0.15, 0.2) is 30.6 Å². The average molecular weight is 267 g/mol. The molecule has 6 heteroatoms. The standard InChI is InChI=1S/C14H13N5O/c15-7-11-1-3-12(4-2-11)13(20)8-18-5-6-19-10-16-17-14(19)9-18/h1-4,10H,5-6,8-9H2. The van der Waals surface area contributed by atoms with Crippen LogP contribution in [0.25, 0.3) is 0 Å². The van der Waals surface area contributed by atoms with Crippen LogP contribution in [0.4, 0.5) is 0 Å². The SMILES string of the molecule is N#Cc1ccc(C(=O)CN2CCn3cnnc3C2)cc1. The first-order valence-corrected chi connectivity index (χ1v) is 6.38. The number of nitriles is 1. The van der Waals surface area contributed by atoms with Crippen LogP contribution in [-0.2, 0) is 13.1 Å². The van der Waals surface area contributed by atoms with E-state index in [-0.39, 0.29) is 5.78 Å². The summed E-state index contributed by atoms with van der Waals surface area (Å²) >= 11 is 0. The summed E-state index contributed by atoms with van der Waals surface area (Å²) in [5.74, 6) is 0.950. The van der Waals surface area contributed by atoms with E-state index in [0.717, 1.165) is 18.9 Å². The first kappa shape index (κ1) is 12.5. The van der Waals surface area contributed by atoms with Crippen LogP contribution in [0, 0.1) is 11.3 Å². The third-order valence-corrected chi connectivity index (χ3v) is 3.42. The predicted molar refractivity (Wildman–Crippen MR) is 70.8 cm³/mol. The van der Waals surface area contributed by atoms with E-state index in [9.17, 15) is 4.79 Å². The first-order valence-electron chi connectivity index (χ1n) is 6.38. The largest absolute Gasteiger partial charge is 0.315 e. The van der Waals surface area contributed by atoms with Crippen molar-refractivity contribution < 1.29 is 4.79 Å². The zero-order valence-electron chi connectivity index (χ0n) is 10.9. The topological polar surface area (TPSA) is 74.8 Å². The van der Waals surface area contributed by atoms with Gasteiger partial charge in [-0.05, 0) is 12.1 Å². The van der Waals surface area contributed by atoms with Gasteiger partial charge in [-0.2, -0.15) is 5.26 Å². The van der Waals surface area contributed by atoms with Crippen LogP contribution in [0.3, 0.4) is 0 Å². The van der Waals surface area contributed by atoms with Crippen molar-refractivity contribution in [3.63, 3.8) is 0 Å². The zero-order chi connectivity index (χ0) is 13.9. The summed E-state index contributed by atoms with van der Waals surface area (Å²) in [5.41, 5.74) is 1.20. The predicted octanol–water partition coefficient (Wildman–Crippen LogP) is 0.848. The van der Waals surface area contributed by atoms with Crippen LogP contribution >= 0.6 is 0 Å². The molecule has 1 aliphatic heterocycles. The van der Waals surface area contributed by atoms with Crippen molar-refractivity contribution in [1.82, 2.24) is 19.7 Å². The molecule has 0 fully saturated rings. The Morgan fingerprint density at radius 3 is 2.85 bits per heavy atom. The number of hydrogen-bond donors (Lipinski definition) is 0. The van der Waals surface area contributed by atoms with Crippen LogP contribution in [0.1, 0.15) is 21.7 Å². The Morgan fingerprint density at radius 2 is 2.10 bits per heavy atom. The fourth-order valence-electron chi connectivity index (χ4n) is 2.28. The summed E-state index contributed by atoms with van der Waals surface area (Å²) in [5, 5.41) is 16.6. The van der Waals surface area contributed by atoms with Gasteiger partial charge in [0, 0.05) is 18.7 Å². The van der Waals surface area contributed by atoms with Gasteiger partial charge in [0.2, 0.25) is 0 Å². The molecule has 0 radical (unpaired) electrons. The number of carbonyl (C=O) groups excluding carboxylic acids is 1. The summed E-state index contributed by atoms with van der Waals surface area (Å²) < 4.78 is 2.00. The van der Waals surface area contributed by atoms with E-state index in [2.05, 4.69) is 15.1 Å². The summed E-state index contributed by atoms with van der Waals surface area (Å²) in [7, 11) is 0. The first-order chi connectivity index (χ1) is 9.76. The lowest BCUT2D eigenvalue weighted by Crippen LogP contribution is -2.37. The van der Waals surface area contributed by atoms with Gasteiger partial charge in [-0.1, -0.05) is 12.1 Å². The number of hydrogen-bond acceptors (Lipinski definition) is 5. The molecule has 0 aliphatic carbocycles. The maximum absolute atomic E-state index is 12.2. The molecule has 20 heavy (non-hydrogen) atoms. The van der Waals surface area contributed by atoms with Crippen molar-refractivity contribution >= 4 is 5.78 Å². The van der Waals surface area contributed by atoms with E-state index < -0.39 is 0 Å². The van der Waals surface area contributed by atoms with Gasteiger partial charge >= 0.3 is 0 Å². The molecule has 6 nitrogen and oxygen atoms in total. The summed E-state index contributed by atoms with van der Waals surface area (Å²) in [4.78, 5) is 14.3. The number of carbonyl (C=O) groups is 1. The number of ketones is 1. The normalized spacial score (nSPS) is 14.6. The Labute approximate surface area is 116 Å². The summed E-state index contributed by atoms with van der Waals surface area (Å²) in [6.45, 7) is 2.62. The van der Waals surface area contributed by atoms with Gasteiger partial charge in [0.15, 0.2) is 5.78 Å². The monoisotopic (exact) mass is 267 g/mol. The fraction of sp³-hybridized carbons (Fsp3) is 0.286. The molecule has 0 amide bonds. The number of rotatable bonds is 3. The van der Waals surface area contributed by atoms with E-state index in [1.807, 2.05) is 10.6 Å². The molecule has 1 aromatic heterocycles. The molecule has 100 valence electrons. The van der Waals surface area contributed by atoms with Gasteiger partial charge < -0.3 is 4.57 Å². The minimum Gasteiger partial charge on any atom is -0.315 e. The van der Waals surface area contributed by atoms with Crippen molar-refractivity contribution in [2.45, 2.75) is 13.1 Å². The molecule has 0 atom stereocenters. The van der Waals surface area contributed by atoms with Gasteiger partial charge in [0.25, 0.3) is 0 Å². The molecular weight excluding hydrogens is 254 g/mol.